The Morgan fingerprint density at radius 3 is 1.68 bits per heavy atom. The Morgan fingerprint density at radius 2 is 1.53 bits per heavy atom. The van der Waals surface area contributed by atoms with Crippen molar-refractivity contribution >= 4 is 0 Å². The minimum Gasteiger partial charge on any atom is -0.296 e. The largest absolute Gasteiger partial charge is 0.443 e. The lowest BCUT2D eigenvalue weighted by Gasteiger charge is -2.25. The van der Waals surface area contributed by atoms with E-state index in [4.69, 9.17) is 0 Å². The molecule has 2 unspecified atom stereocenters. The molecule has 0 aliphatic carbocycles. The van der Waals surface area contributed by atoms with Gasteiger partial charge in [-0.05, 0) is 18.4 Å². The Balaban J connectivity index is 0.000000711. The van der Waals surface area contributed by atoms with E-state index in [-0.39, 0.29) is 13.5 Å². The Kier molecular flexibility index (Phi) is 5.55. The molecule has 1 aliphatic heterocycles. The topological polar surface area (TPSA) is 27.7 Å². The van der Waals surface area contributed by atoms with Crippen molar-refractivity contribution in [2.75, 3.05) is 13.3 Å². The maximum absolute atomic E-state index is 12.9. The lowest BCUT2D eigenvalue weighted by molar-refractivity contribution is -0.370. The fourth-order valence-electron chi connectivity index (χ4n) is 0.931. The Bertz CT molecular complexity index is 294. The van der Waals surface area contributed by atoms with Gasteiger partial charge in [-0.15, -0.1) is 0 Å². The zero-order valence-electron chi connectivity index (χ0n) is 9.66. The average molecular weight is 306 g/mol. The van der Waals surface area contributed by atoms with Crippen molar-refractivity contribution in [3.63, 3.8) is 0 Å². The second-order valence-corrected chi connectivity index (χ2v) is 3.42. The monoisotopic (exact) mass is 306 g/mol. The molecule has 1 heterocycles. The highest BCUT2D eigenvalue weighted by atomic mass is 19.4. The zero-order chi connectivity index (χ0) is 15.5. The highest BCUT2D eigenvalue weighted by molar-refractivity contribution is 4.92. The molecule has 11 heteroatoms. The van der Waals surface area contributed by atoms with Crippen LogP contribution in [0.2, 0.25) is 0 Å². The van der Waals surface area contributed by atoms with Crippen molar-refractivity contribution < 1.29 is 49.7 Å². The first kappa shape index (κ1) is 18.3. The van der Waals surface area contributed by atoms with Gasteiger partial charge >= 0.3 is 18.1 Å². The fourth-order valence-corrected chi connectivity index (χ4v) is 0.931. The Labute approximate surface area is 102 Å². The first-order valence-electron chi connectivity index (χ1n) is 4.72. The van der Waals surface area contributed by atoms with Gasteiger partial charge in [-0.2, -0.15) is 31.3 Å². The van der Waals surface area contributed by atoms with E-state index < -0.39 is 30.6 Å². The molecule has 0 N–H and O–H groups in total. The molecule has 0 aromatic heterocycles. The maximum atomic E-state index is 12.9. The quantitative estimate of drug-likeness (QED) is 0.731. The van der Waals surface area contributed by atoms with Crippen LogP contribution in [0.3, 0.4) is 0 Å². The van der Waals surface area contributed by atoms with Crippen LogP contribution in [-0.4, -0.2) is 37.2 Å². The fraction of sp³-hybridized carbons (Fsp3) is 1.00. The van der Waals surface area contributed by atoms with Crippen LogP contribution in [0, 0.1) is 0 Å². The van der Waals surface area contributed by atoms with Crippen LogP contribution in [0.25, 0.3) is 0 Å². The smallest absolute Gasteiger partial charge is 0.296 e. The molecule has 3 nitrogen and oxygen atoms in total. The second kappa shape index (κ2) is 5.75. The van der Waals surface area contributed by atoms with Crippen molar-refractivity contribution in [2.45, 2.75) is 37.8 Å². The minimum atomic E-state index is -5.40. The van der Waals surface area contributed by atoms with Crippen molar-refractivity contribution in [3.8, 4) is 0 Å². The summed E-state index contributed by atoms with van der Waals surface area (Å²) in [6, 6.07) is 0. The molecule has 1 rings (SSSR count). The van der Waals surface area contributed by atoms with Gasteiger partial charge in [0.1, 0.15) is 0 Å². The molecule has 0 radical (unpaired) electrons. The molecule has 0 amide bonds. The van der Waals surface area contributed by atoms with Crippen molar-refractivity contribution in [1.82, 2.24) is 0 Å². The Morgan fingerprint density at radius 1 is 1.11 bits per heavy atom. The number of ether oxygens (including phenoxy) is 2. The lowest BCUT2D eigenvalue weighted by Crippen LogP contribution is -2.45. The number of halogens is 8. The van der Waals surface area contributed by atoms with Crippen LogP contribution in [0.15, 0.2) is 0 Å². The van der Waals surface area contributed by atoms with E-state index in [2.05, 4.69) is 14.4 Å². The second-order valence-electron chi connectivity index (χ2n) is 3.42. The van der Waals surface area contributed by atoms with Crippen LogP contribution < -0.4 is 0 Å². The lowest BCUT2D eigenvalue weighted by atomic mass is 10.3. The molecule has 0 bridgehead atoms. The molecule has 1 saturated heterocycles. The molecule has 2 atom stereocenters. The van der Waals surface area contributed by atoms with Gasteiger partial charge in [-0.1, -0.05) is 0 Å². The highest BCUT2D eigenvalue weighted by Gasteiger charge is 2.76. The molecule has 1 fully saturated rings. The van der Waals surface area contributed by atoms with Crippen LogP contribution in [0.5, 0.6) is 0 Å². The molecule has 0 spiro atoms. The third-order valence-corrected chi connectivity index (χ3v) is 1.91. The first-order chi connectivity index (χ1) is 8.39. The van der Waals surface area contributed by atoms with Crippen molar-refractivity contribution in [2.24, 2.45) is 0 Å². The van der Waals surface area contributed by atoms with E-state index in [0.717, 1.165) is 0 Å². The molecule has 0 saturated carbocycles. The number of alkyl halides is 7. The molecule has 19 heavy (non-hydrogen) atoms. The maximum Gasteiger partial charge on any atom is 0.443 e. The summed E-state index contributed by atoms with van der Waals surface area (Å²) < 4.78 is 103. The standard InChI is InChI=1S/C6H5F7O2.C2H5FO/c1-3(5(9,10)11)14-4(8,2-7)6(12,13)15-3;1-2-4-3/h2H2,1H3;2H2,1H3. The summed E-state index contributed by atoms with van der Waals surface area (Å²) in [4.78, 5) is 3.04. The van der Waals surface area contributed by atoms with E-state index in [1.807, 2.05) is 0 Å². The summed E-state index contributed by atoms with van der Waals surface area (Å²) >= 11 is 0. The molecule has 0 aromatic carbocycles. The van der Waals surface area contributed by atoms with E-state index in [9.17, 15) is 35.3 Å². The predicted molar refractivity (Wildman–Crippen MR) is 44.1 cm³/mol. The predicted octanol–water partition coefficient (Wildman–Crippen LogP) is 3.45. The average Bonchev–Trinajstić information content (AvgIpc) is 2.46. The van der Waals surface area contributed by atoms with E-state index in [1.165, 1.54) is 0 Å². The number of hydrogen-bond acceptors (Lipinski definition) is 3. The van der Waals surface area contributed by atoms with Gasteiger partial charge < -0.3 is 0 Å². The van der Waals surface area contributed by atoms with Gasteiger partial charge in [-0.3, -0.25) is 9.47 Å². The van der Waals surface area contributed by atoms with E-state index >= 15 is 0 Å². The third-order valence-electron chi connectivity index (χ3n) is 1.91. The van der Waals surface area contributed by atoms with Crippen LogP contribution in [-0.2, 0) is 14.4 Å². The van der Waals surface area contributed by atoms with Gasteiger partial charge in [-0.25, -0.2) is 4.39 Å². The molecular weight excluding hydrogens is 296 g/mol. The van der Waals surface area contributed by atoms with Gasteiger partial charge in [0.15, 0.2) is 6.67 Å². The molecule has 116 valence electrons. The summed E-state index contributed by atoms with van der Waals surface area (Å²) in [5.74, 6) is -8.28. The summed E-state index contributed by atoms with van der Waals surface area (Å²) in [6.45, 7) is -0.677. The van der Waals surface area contributed by atoms with Gasteiger partial charge in [0.2, 0.25) is 0 Å². The van der Waals surface area contributed by atoms with Gasteiger partial charge in [0, 0.05) is 0 Å². The number of rotatable bonds is 2. The highest BCUT2D eigenvalue weighted by Crippen LogP contribution is 2.53. The minimum absolute atomic E-state index is 0.0396. The van der Waals surface area contributed by atoms with Crippen LogP contribution >= 0.6 is 0 Å². The third kappa shape index (κ3) is 3.66. The van der Waals surface area contributed by atoms with Gasteiger partial charge in [0.25, 0.3) is 5.79 Å². The summed E-state index contributed by atoms with van der Waals surface area (Å²) in [6.07, 6.45) is -10.4. The molecular formula is C8H10F8O3. The SMILES string of the molecule is CC1(C(F)(F)F)OC(F)(F)C(F)(CF)O1.CCOF. The Hall–Kier alpha value is -0.680. The first-order valence-corrected chi connectivity index (χ1v) is 4.72. The zero-order valence-corrected chi connectivity index (χ0v) is 9.66. The van der Waals surface area contributed by atoms with Gasteiger partial charge in [0.05, 0.1) is 6.61 Å². The van der Waals surface area contributed by atoms with Crippen molar-refractivity contribution in [1.29, 1.82) is 0 Å². The van der Waals surface area contributed by atoms with Crippen LogP contribution in [0.1, 0.15) is 13.8 Å². The summed E-state index contributed by atoms with van der Waals surface area (Å²) in [5.41, 5.74) is 0. The van der Waals surface area contributed by atoms with E-state index in [1.54, 1.807) is 6.92 Å². The summed E-state index contributed by atoms with van der Waals surface area (Å²) in [7, 11) is 0. The normalized spacial score (nSPS) is 33.8. The van der Waals surface area contributed by atoms with Crippen LogP contribution in [0.4, 0.5) is 35.3 Å². The molecule has 0 aromatic rings. The van der Waals surface area contributed by atoms with E-state index in [0.29, 0.717) is 0 Å². The molecule has 1 aliphatic rings. The number of hydrogen-bond donors (Lipinski definition) is 0. The van der Waals surface area contributed by atoms with Crippen molar-refractivity contribution in [3.05, 3.63) is 0 Å². The summed E-state index contributed by atoms with van der Waals surface area (Å²) in [5, 5.41) is 0.